The summed E-state index contributed by atoms with van der Waals surface area (Å²) in [5.41, 5.74) is 7.84. The number of halogens is 1. The Labute approximate surface area is 115 Å². The minimum atomic E-state index is -0.469. The first-order valence-corrected chi connectivity index (χ1v) is 5.91. The number of nitro groups is 1. The van der Waals surface area contributed by atoms with Crippen molar-refractivity contribution in [3.63, 3.8) is 0 Å². The third-order valence-electron chi connectivity index (χ3n) is 2.61. The normalized spacial score (nSPS) is 10.8. The first-order chi connectivity index (χ1) is 9.06. The van der Waals surface area contributed by atoms with Crippen molar-refractivity contribution in [1.82, 2.24) is 0 Å². The molecule has 0 aromatic heterocycles. The molecule has 0 heterocycles. The van der Waals surface area contributed by atoms with Crippen LogP contribution in [0.2, 0.25) is 5.02 Å². The molecule has 96 valence electrons. The fourth-order valence-electron chi connectivity index (χ4n) is 1.59. The predicted molar refractivity (Wildman–Crippen MR) is 77.9 cm³/mol. The highest BCUT2D eigenvalue weighted by molar-refractivity contribution is 6.30. The monoisotopic (exact) mass is 274 g/mol. The second kappa shape index (κ2) is 5.54. The Hall–Kier alpha value is -2.33. The van der Waals surface area contributed by atoms with Crippen LogP contribution in [0.15, 0.2) is 42.5 Å². The van der Waals surface area contributed by atoms with Crippen LogP contribution < -0.4 is 5.73 Å². The van der Waals surface area contributed by atoms with Crippen LogP contribution in [0.5, 0.6) is 0 Å². The molecule has 0 saturated carbocycles. The number of nitrogens with two attached hydrogens (primary N) is 1. The van der Waals surface area contributed by atoms with Gasteiger partial charge in [-0.25, -0.2) is 0 Å². The number of benzene rings is 2. The van der Waals surface area contributed by atoms with E-state index in [0.717, 1.165) is 11.1 Å². The van der Waals surface area contributed by atoms with Gasteiger partial charge in [-0.3, -0.25) is 10.1 Å². The average Bonchev–Trinajstić information content (AvgIpc) is 2.39. The molecule has 2 aromatic rings. The summed E-state index contributed by atoms with van der Waals surface area (Å²) in [6.45, 7) is 0. The van der Waals surface area contributed by atoms with E-state index < -0.39 is 4.92 Å². The molecule has 5 heteroatoms. The van der Waals surface area contributed by atoms with E-state index >= 15 is 0 Å². The van der Waals surface area contributed by atoms with Crippen LogP contribution in [0, 0.1) is 10.1 Å². The first-order valence-electron chi connectivity index (χ1n) is 5.54. The highest BCUT2D eigenvalue weighted by atomic mass is 35.5. The summed E-state index contributed by atoms with van der Waals surface area (Å²) in [6.07, 6.45) is 3.68. The Morgan fingerprint density at radius 1 is 1.11 bits per heavy atom. The van der Waals surface area contributed by atoms with Crippen LogP contribution in [-0.2, 0) is 0 Å². The molecule has 0 atom stereocenters. The van der Waals surface area contributed by atoms with Crippen molar-refractivity contribution in [1.29, 1.82) is 0 Å². The summed E-state index contributed by atoms with van der Waals surface area (Å²) in [5.74, 6) is 0. The van der Waals surface area contributed by atoms with Gasteiger partial charge in [0.25, 0.3) is 5.69 Å². The molecule has 0 fully saturated rings. The van der Waals surface area contributed by atoms with Gasteiger partial charge in [0.2, 0.25) is 0 Å². The molecule has 0 unspecified atom stereocenters. The van der Waals surface area contributed by atoms with Gasteiger partial charge in [-0.05, 0) is 29.3 Å². The molecule has 4 nitrogen and oxygen atoms in total. The van der Waals surface area contributed by atoms with Gasteiger partial charge in [0, 0.05) is 22.8 Å². The zero-order chi connectivity index (χ0) is 13.8. The first kappa shape index (κ1) is 13.1. The van der Waals surface area contributed by atoms with Crippen LogP contribution in [0.1, 0.15) is 11.1 Å². The van der Waals surface area contributed by atoms with Crippen molar-refractivity contribution in [2.24, 2.45) is 0 Å². The number of nitrogens with zero attached hydrogens (tertiary/aromatic N) is 1. The Morgan fingerprint density at radius 3 is 2.37 bits per heavy atom. The van der Waals surface area contributed by atoms with E-state index in [1.165, 1.54) is 12.1 Å². The number of rotatable bonds is 3. The molecule has 0 aliphatic carbocycles. The number of nitrogen functional groups attached to an aromatic ring is 1. The standard InChI is InChI=1S/C14H11ClN2O2/c15-12-6-2-10(3-7-12)1-4-11-5-8-13(17(18)19)9-14(11)16/h1-9H,16H2/b4-1+. The van der Waals surface area contributed by atoms with Gasteiger partial charge in [0.15, 0.2) is 0 Å². The predicted octanol–water partition coefficient (Wildman–Crippen LogP) is 4.00. The zero-order valence-electron chi connectivity index (χ0n) is 9.92. The summed E-state index contributed by atoms with van der Waals surface area (Å²) in [5, 5.41) is 11.3. The summed E-state index contributed by atoms with van der Waals surface area (Å²) >= 11 is 5.79. The third kappa shape index (κ3) is 3.33. The highest BCUT2D eigenvalue weighted by Gasteiger charge is 2.06. The number of non-ortho nitro benzene ring substituents is 1. The molecule has 0 radical (unpaired) electrons. The van der Waals surface area contributed by atoms with Crippen LogP contribution in [0.4, 0.5) is 11.4 Å². The van der Waals surface area contributed by atoms with Crippen molar-refractivity contribution in [2.75, 3.05) is 5.73 Å². The van der Waals surface area contributed by atoms with Crippen LogP contribution in [-0.4, -0.2) is 4.92 Å². The number of anilines is 1. The quantitative estimate of drug-likeness (QED) is 0.398. The van der Waals surface area contributed by atoms with E-state index in [1.54, 1.807) is 18.2 Å². The third-order valence-corrected chi connectivity index (χ3v) is 2.86. The summed E-state index contributed by atoms with van der Waals surface area (Å²) < 4.78 is 0. The van der Waals surface area contributed by atoms with Gasteiger partial charge in [-0.2, -0.15) is 0 Å². The molecule has 0 amide bonds. The van der Waals surface area contributed by atoms with Crippen LogP contribution in [0.25, 0.3) is 12.2 Å². The van der Waals surface area contributed by atoms with Gasteiger partial charge < -0.3 is 5.73 Å². The fraction of sp³-hybridized carbons (Fsp3) is 0. The second-order valence-corrected chi connectivity index (χ2v) is 4.39. The minimum Gasteiger partial charge on any atom is -0.398 e. The lowest BCUT2D eigenvalue weighted by Crippen LogP contribution is -1.93. The van der Waals surface area contributed by atoms with Crippen LogP contribution >= 0.6 is 11.6 Å². The molecule has 19 heavy (non-hydrogen) atoms. The van der Waals surface area contributed by atoms with Crippen LogP contribution in [0.3, 0.4) is 0 Å². The molecule has 2 N–H and O–H groups in total. The van der Waals surface area contributed by atoms with Crippen molar-refractivity contribution < 1.29 is 4.92 Å². The van der Waals surface area contributed by atoms with E-state index in [-0.39, 0.29) is 5.69 Å². The molecule has 0 aliphatic rings. The molecular formula is C14H11ClN2O2. The fourth-order valence-corrected chi connectivity index (χ4v) is 1.71. The van der Waals surface area contributed by atoms with E-state index in [4.69, 9.17) is 17.3 Å². The Balaban J connectivity index is 2.23. The lowest BCUT2D eigenvalue weighted by molar-refractivity contribution is -0.384. The number of hydrogen-bond donors (Lipinski definition) is 1. The Morgan fingerprint density at radius 2 is 1.79 bits per heavy atom. The molecule has 2 aromatic carbocycles. The van der Waals surface area contributed by atoms with Crippen molar-refractivity contribution in [3.8, 4) is 0 Å². The lowest BCUT2D eigenvalue weighted by Gasteiger charge is -2.00. The molecule has 0 saturated heterocycles. The second-order valence-electron chi connectivity index (χ2n) is 3.96. The van der Waals surface area contributed by atoms with E-state index in [1.807, 2.05) is 24.3 Å². The van der Waals surface area contributed by atoms with Crippen molar-refractivity contribution in [2.45, 2.75) is 0 Å². The van der Waals surface area contributed by atoms with E-state index in [9.17, 15) is 10.1 Å². The molecule has 0 spiro atoms. The Kier molecular flexibility index (Phi) is 3.82. The number of hydrogen-bond acceptors (Lipinski definition) is 3. The van der Waals surface area contributed by atoms with Crippen molar-refractivity contribution in [3.05, 3.63) is 68.7 Å². The highest BCUT2D eigenvalue weighted by Crippen LogP contribution is 2.22. The molecule has 2 rings (SSSR count). The summed E-state index contributed by atoms with van der Waals surface area (Å²) in [4.78, 5) is 10.1. The van der Waals surface area contributed by atoms with Crippen molar-refractivity contribution >= 4 is 35.1 Å². The molecular weight excluding hydrogens is 264 g/mol. The smallest absolute Gasteiger partial charge is 0.271 e. The van der Waals surface area contributed by atoms with Gasteiger partial charge in [0.05, 0.1) is 4.92 Å². The van der Waals surface area contributed by atoms with E-state index in [2.05, 4.69) is 0 Å². The maximum Gasteiger partial charge on any atom is 0.271 e. The minimum absolute atomic E-state index is 0.0128. The molecule has 0 aliphatic heterocycles. The molecule has 0 bridgehead atoms. The van der Waals surface area contributed by atoms with Gasteiger partial charge in [0.1, 0.15) is 0 Å². The SMILES string of the molecule is Nc1cc([N+](=O)[O-])ccc1/C=C/c1ccc(Cl)cc1. The largest absolute Gasteiger partial charge is 0.398 e. The average molecular weight is 275 g/mol. The zero-order valence-corrected chi connectivity index (χ0v) is 10.7. The lowest BCUT2D eigenvalue weighted by atomic mass is 10.1. The van der Waals surface area contributed by atoms with Gasteiger partial charge in [-0.15, -0.1) is 0 Å². The summed E-state index contributed by atoms with van der Waals surface area (Å²) in [6, 6.07) is 11.7. The van der Waals surface area contributed by atoms with Gasteiger partial charge >= 0.3 is 0 Å². The van der Waals surface area contributed by atoms with E-state index in [0.29, 0.717) is 10.7 Å². The van der Waals surface area contributed by atoms with Gasteiger partial charge in [-0.1, -0.05) is 35.9 Å². The topological polar surface area (TPSA) is 69.2 Å². The Bertz CT molecular complexity index is 636. The maximum absolute atomic E-state index is 10.6. The maximum atomic E-state index is 10.6. The number of nitro benzene ring substituents is 1. The summed E-state index contributed by atoms with van der Waals surface area (Å²) in [7, 11) is 0.